The molecule has 0 spiro atoms. The minimum Gasteiger partial charge on any atom is -0.480 e. The number of carboxylic acid groups (broad SMARTS) is 1. The number of aliphatic carboxylic acids is 1. The minimum absolute atomic E-state index is 0.516. The third kappa shape index (κ3) is 8.72. The van der Waals surface area contributed by atoms with E-state index in [-0.39, 0.29) is 0 Å². The fourth-order valence-corrected chi connectivity index (χ4v) is 3.85. The number of hydrogen-bond donors (Lipinski definition) is 1. The van der Waals surface area contributed by atoms with Gasteiger partial charge >= 0.3 is 5.97 Å². The third-order valence-corrected chi connectivity index (χ3v) is 5.52. The minimum atomic E-state index is -0.756. The lowest BCUT2D eigenvalue weighted by Crippen LogP contribution is -2.43. The van der Waals surface area contributed by atoms with Gasteiger partial charge in [0.1, 0.15) is 6.04 Å². The van der Waals surface area contributed by atoms with Crippen LogP contribution in [0.1, 0.15) is 70.3 Å². The second kappa shape index (κ2) is 13.8. The van der Waals surface area contributed by atoms with E-state index < -0.39 is 12.0 Å². The highest BCUT2D eigenvalue weighted by Crippen LogP contribution is 2.21. The Kier molecular flexibility index (Phi) is 11.0. The van der Waals surface area contributed by atoms with Gasteiger partial charge in [-0.15, -0.1) is 0 Å². The Labute approximate surface area is 176 Å². The molecule has 0 aliphatic heterocycles. The number of nitrogens with zero attached hydrogens (tertiary/aromatic N) is 1. The maximum atomic E-state index is 12.1. The first kappa shape index (κ1) is 23.0. The Hall–Kier alpha value is -2.29. The molecule has 0 aliphatic rings. The quantitative estimate of drug-likeness (QED) is 0.340. The Morgan fingerprint density at radius 1 is 0.793 bits per heavy atom. The standard InChI is InChI=1S/C26H37NO2/c1-2-3-4-5-6-7-8-9-16-21-27(24-19-14-11-15-20-24)25(26(28)29)22-23-17-12-10-13-18-23/h10-15,17-20,25H,2-9,16,21-22H2,1H3,(H,28,29)/t25-/m0/s1. The van der Waals surface area contributed by atoms with Crippen LogP contribution in [0.3, 0.4) is 0 Å². The Balaban J connectivity index is 1.91. The van der Waals surface area contributed by atoms with Crippen molar-refractivity contribution < 1.29 is 9.90 Å². The Bertz CT molecular complexity index is 672. The molecule has 3 nitrogen and oxygen atoms in total. The van der Waals surface area contributed by atoms with Crippen LogP contribution < -0.4 is 4.90 Å². The van der Waals surface area contributed by atoms with Crippen LogP contribution >= 0.6 is 0 Å². The average Bonchev–Trinajstić information content (AvgIpc) is 2.75. The van der Waals surface area contributed by atoms with Gasteiger partial charge in [0.05, 0.1) is 0 Å². The van der Waals surface area contributed by atoms with Gasteiger partial charge in [-0.3, -0.25) is 0 Å². The normalized spacial score (nSPS) is 11.9. The van der Waals surface area contributed by atoms with Crippen molar-refractivity contribution in [2.75, 3.05) is 11.4 Å². The molecule has 0 amide bonds. The van der Waals surface area contributed by atoms with E-state index in [9.17, 15) is 9.90 Å². The predicted molar refractivity (Wildman–Crippen MR) is 123 cm³/mol. The molecule has 0 aliphatic carbocycles. The third-order valence-electron chi connectivity index (χ3n) is 5.52. The van der Waals surface area contributed by atoms with Crippen LogP contribution in [0.25, 0.3) is 0 Å². The molecule has 0 heterocycles. The van der Waals surface area contributed by atoms with Crippen LogP contribution in [0, 0.1) is 0 Å². The summed E-state index contributed by atoms with van der Waals surface area (Å²) < 4.78 is 0. The van der Waals surface area contributed by atoms with E-state index >= 15 is 0 Å². The maximum Gasteiger partial charge on any atom is 0.326 e. The van der Waals surface area contributed by atoms with Crippen molar-refractivity contribution >= 4 is 11.7 Å². The number of carbonyl (C=O) groups is 1. The van der Waals surface area contributed by atoms with Gasteiger partial charge in [0.15, 0.2) is 0 Å². The zero-order valence-corrected chi connectivity index (χ0v) is 17.9. The molecule has 1 atom stereocenters. The number of carboxylic acids is 1. The predicted octanol–water partition coefficient (Wildman–Crippen LogP) is 6.72. The Morgan fingerprint density at radius 3 is 1.86 bits per heavy atom. The van der Waals surface area contributed by atoms with Gasteiger partial charge in [-0.1, -0.05) is 107 Å². The van der Waals surface area contributed by atoms with Crippen LogP contribution in [0.4, 0.5) is 5.69 Å². The fraction of sp³-hybridized carbons (Fsp3) is 0.500. The molecule has 0 saturated carbocycles. The molecular weight excluding hydrogens is 358 g/mol. The number of unbranched alkanes of at least 4 members (excludes halogenated alkanes) is 8. The number of para-hydroxylation sites is 1. The van der Waals surface area contributed by atoms with Crippen molar-refractivity contribution in [3.8, 4) is 0 Å². The zero-order chi connectivity index (χ0) is 20.7. The maximum absolute atomic E-state index is 12.1. The summed E-state index contributed by atoms with van der Waals surface area (Å²) in [5, 5.41) is 9.97. The lowest BCUT2D eigenvalue weighted by Gasteiger charge is -2.31. The van der Waals surface area contributed by atoms with Crippen molar-refractivity contribution in [3.05, 3.63) is 66.2 Å². The summed E-state index contributed by atoms with van der Waals surface area (Å²) in [5.74, 6) is -0.756. The summed E-state index contributed by atoms with van der Waals surface area (Å²) in [7, 11) is 0. The smallest absolute Gasteiger partial charge is 0.326 e. The van der Waals surface area contributed by atoms with Crippen LogP contribution in [-0.2, 0) is 11.2 Å². The molecule has 0 saturated heterocycles. The number of benzene rings is 2. The fourth-order valence-electron chi connectivity index (χ4n) is 3.85. The molecule has 2 rings (SSSR count). The second-order valence-corrected chi connectivity index (χ2v) is 7.90. The van der Waals surface area contributed by atoms with Crippen molar-refractivity contribution in [1.82, 2.24) is 0 Å². The molecule has 0 aromatic heterocycles. The van der Waals surface area contributed by atoms with Crippen LogP contribution in [0.5, 0.6) is 0 Å². The van der Waals surface area contributed by atoms with E-state index in [4.69, 9.17) is 0 Å². The molecule has 0 unspecified atom stereocenters. The monoisotopic (exact) mass is 395 g/mol. The first-order valence-corrected chi connectivity index (χ1v) is 11.3. The average molecular weight is 396 g/mol. The molecule has 0 bridgehead atoms. The van der Waals surface area contributed by atoms with Gasteiger partial charge in [-0.05, 0) is 24.1 Å². The summed E-state index contributed by atoms with van der Waals surface area (Å²) >= 11 is 0. The highest BCUT2D eigenvalue weighted by Gasteiger charge is 2.25. The van der Waals surface area contributed by atoms with E-state index in [1.165, 1.54) is 44.9 Å². The van der Waals surface area contributed by atoms with Gasteiger partial charge < -0.3 is 10.0 Å². The Morgan fingerprint density at radius 2 is 1.31 bits per heavy atom. The number of anilines is 1. The molecule has 1 N–H and O–H groups in total. The first-order valence-electron chi connectivity index (χ1n) is 11.3. The number of rotatable bonds is 15. The van der Waals surface area contributed by atoms with E-state index in [0.717, 1.165) is 30.6 Å². The molecule has 3 heteroatoms. The summed E-state index contributed by atoms with van der Waals surface area (Å²) in [5.41, 5.74) is 2.06. The van der Waals surface area contributed by atoms with Gasteiger partial charge in [0.2, 0.25) is 0 Å². The summed E-state index contributed by atoms with van der Waals surface area (Å²) in [6, 6.07) is 19.4. The van der Waals surface area contributed by atoms with Crippen LogP contribution in [0.15, 0.2) is 60.7 Å². The SMILES string of the molecule is CCCCCCCCCCCN(c1ccccc1)[C@@H](Cc1ccccc1)C(=O)O. The molecule has 2 aromatic rings. The summed E-state index contributed by atoms with van der Waals surface area (Å²) in [4.78, 5) is 14.2. The molecule has 2 aromatic carbocycles. The van der Waals surface area contributed by atoms with Crippen molar-refractivity contribution in [2.45, 2.75) is 77.2 Å². The lowest BCUT2D eigenvalue weighted by molar-refractivity contribution is -0.138. The molecule has 158 valence electrons. The highest BCUT2D eigenvalue weighted by molar-refractivity contribution is 5.78. The van der Waals surface area contributed by atoms with Crippen LogP contribution in [0.2, 0.25) is 0 Å². The van der Waals surface area contributed by atoms with Gasteiger partial charge in [-0.2, -0.15) is 0 Å². The van der Waals surface area contributed by atoms with E-state index in [1.807, 2.05) is 60.7 Å². The van der Waals surface area contributed by atoms with Crippen molar-refractivity contribution in [3.63, 3.8) is 0 Å². The van der Waals surface area contributed by atoms with Gasteiger partial charge in [-0.25, -0.2) is 4.79 Å². The molecule has 0 radical (unpaired) electrons. The first-order chi connectivity index (χ1) is 14.2. The number of hydrogen-bond acceptors (Lipinski definition) is 2. The molecule has 0 fully saturated rings. The van der Waals surface area contributed by atoms with E-state index in [1.54, 1.807) is 0 Å². The van der Waals surface area contributed by atoms with Crippen molar-refractivity contribution in [2.24, 2.45) is 0 Å². The van der Waals surface area contributed by atoms with E-state index in [2.05, 4.69) is 11.8 Å². The highest BCUT2D eigenvalue weighted by atomic mass is 16.4. The lowest BCUT2D eigenvalue weighted by atomic mass is 10.0. The van der Waals surface area contributed by atoms with Crippen LogP contribution in [-0.4, -0.2) is 23.7 Å². The van der Waals surface area contributed by atoms with E-state index in [0.29, 0.717) is 6.42 Å². The largest absolute Gasteiger partial charge is 0.480 e. The van der Waals surface area contributed by atoms with Gasteiger partial charge in [0, 0.05) is 18.7 Å². The summed E-state index contributed by atoms with van der Waals surface area (Å²) in [6.45, 7) is 3.03. The second-order valence-electron chi connectivity index (χ2n) is 7.90. The molecule has 29 heavy (non-hydrogen) atoms. The van der Waals surface area contributed by atoms with Crippen molar-refractivity contribution in [1.29, 1.82) is 0 Å². The summed E-state index contributed by atoms with van der Waals surface area (Å²) in [6.07, 6.45) is 11.9. The topological polar surface area (TPSA) is 40.5 Å². The van der Waals surface area contributed by atoms with Gasteiger partial charge in [0.25, 0.3) is 0 Å². The molecular formula is C26H37NO2. The zero-order valence-electron chi connectivity index (χ0n) is 17.9.